The molecule has 2 aromatic heterocycles. The quantitative estimate of drug-likeness (QED) is 0.232. The molecule has 2 heterocycles. The highest BCUT2D eigenvalue weighted by atomic mass is 32.1. The van der Waals surface area contributed by atoms with Crippen LogP contribution in [0.1, 0.15) is 23.6 Å². The molecule has 0 aliphatic heterocycles. The Morgan fingerprint density at radius 1 is 0.789 bits per heavy atom. The Morgan fingerprint density at radius 2 is 1.24 bits per heavy atom. The highest BCUT2D eigenvalue weighted by molar-refractivity contribution is 7.18. The minimum Gasteiger partial charge on any atom is -0.497 e. The number of benzene rings is 2. The average molecular weight is 553 g/mol. The summed E-state index contributed by atoms with van der Waals surface area (Å²) in [5.41, 5.74) is 1.51. The van der Waals surface area contributed by atoms with Crippen molar-refractivity contribution in [2.24, 2.45) is 9.98 Å². The Morgan fingerprint density at radius 3 is 1.66 bits per heavy atom. The van der Waals surface area contributed by atoms with Gasteiger partial charge in [-0.05, 0) is 36.4 Å². The number of anilines is 2. The van der Waals surface area contributed by atoms with E-state index in [9.17, 15) is 19.8 Å². The van der Waals surface area contributed by atoms with Crippen LogP contribution in [-0.4, -0.2) is 51.5 Å². The highest BCUT2D eigenvalue weighted by Crippen LogP contribution is 2.28. The molecule has 2 aromatic carbocycles. The monoisotopic (exact) mass is 552 g/mol. The average Bonchev–Trinajstić information content (AvgIpc) is 3.41. The van der Waals surface area contributed by atoms with E-state index in [4.69, 9.17) is 4.74 Å². The summed E-state index contributed by atoms with van der Waals surface area (Å²) in [5.74, 6) is -0.00957. The molecule has 11 nitrogen and oxygen atoms in total. The van der Waals surface area contributed by atoms with Gasteiger partial charge in [0.25, 0.3) is 0 Å². The molecule has 0 saturated carbocycles. The summed E-state index contributed by atoms with van der Waals surface area (Å²) in [6.07, 6.45) is 3.02. The van der Waals surface area contributed by atoms with Crippen molar-refractivity contribution >= 4 is 68.6 Å². The van der Waals surface area contributed by atoms with Crippen LogP contribution in [0, 0.1) is 0 Å². The predicted molar refractivity (Wildman–Crippen MR) is 150 cm³/mol. The van der Waals surface area contributed by atoms with Gasteiger partial charge in [0.2, 0.25) is 23.6 Å². The van der Waals surface area contributed by atoms with E-state index < -0.39 is 0 Å². The second-order valence-corrected chi connectivity index (χ2v) is 9.39. The number of aromatic nitrogens is 2. The number of hydrogen-bond acceptors (Lipinski definition) is 11. The van der Waals surface area contributed by atoms with Gasteiger partial charge in [-0.1, -0.05) is 40.9 Å². The number of para-hydroxylation sites is 1. The number of aliphatic imine (C=N–C) groups is 2. The van der Waals surface area contributed by atoms with Gasteiger partial charge in [0.05, 0.1) is 30.9 Å². The number of carbonyl (C=O) groups excluding carboxylic acids is 2. The summed E-state index contributed by atoms with van der Waals surface area (Å²) >= 11 is 2.31. The van der Waals surface area contributed by atoms with Crippen molar-refractivity contribution in [2.75, 3.05) is 17.7 Å². The molecule has 4 aromatic rings. The lowest BCUT2D eigenvalue weighted by Gasteiger charge is -1.98. The molecule has 2 amide bonds. The lowest BCUT2D eigenvalue weighted by Crippen LogP contribution is -2.04. The molecule has 0 saturated heterocycles. The number of nitrogens with zero attached hydrogens (tertiary/aromatic N) is 4. The van der Waals surface area contributed by atoms with Crippen molar-refractivity contribution in [3.05, 3.63) is 64.4 Å². The largest absolute Gasteiger partial charge is 0.497 e. The topological polar surface area (TPSA) is 158 Å². The van der Waals surface area contributed by atoms with Crippen molar-refractivity contribution in [3.8, 4) is 17.5 Å². The fourth-order valence-corrected chi connectivity index (χ4v) is 4.23. The van der Waals surface area contributed by atoms with E-state index in [0.717, 1.165) is 39.8 Å². The van der Waals surface area contributed by atoms with Crippen molar-refractivity contribution in [1.29, 1.82) is 0 Å². The van der Waals surface area contributed by atoms with E-state index in [-0.39, 0.29) is 23.6 Å². The third kappa shape index (κ3) is 8.80. The lowest BCUT2D eigenvalue weighted by atomic mass is 10.3. The van der Waals surface area contributed by atoms with Crippen LogP contribution in [0.5, 0.6) is 17.5 Å². The van der Waals surface area contributed by atoms with E-state index in [1.165, 1.54) is 26.3 Å². The number of nitrogens with one attached hydrogen (secondary N) is 2. The number of hydrogen-bond donors (Lipinski definition) is 4. The summed E-state index contributed by atoms with van der Waals surface area (Å²) in [6.45, 7) is 2.76. The molecule has 13 heteroatoms. The van der Waals surface area contributed by atoms with Crippen molar-refractivity contribution < 1.29 is 24.5 Å². The number of methoxy groups -OCH3 is 1. The van der Waals surface area contributed by atoms with Gasteiger partial charge in [-0.2, -0.15) is 9.97 Å². The zero-order chi connectivity index (χ0) is 27.5. The summed E-state index contributed by atoms with van der Waals surface area (Å²) in [5, 5.41) is 24.9. The van der Waals surface area contributed by atoms with Crippen LogP contribution in [0.25, 0.3) is 0 Å². The molecule has 0 fully saturated rings. The molecule has 0 atom stereocenters. The molecule has 196 valence electrons. The summed E-state index contributed by atoms with van der Waals surface area (Å²) in [6, 6.07) is 16.5. The predicted octanol–water partition coefficient (Wildman–Crippen LogP) is 5.12. The second kappa shape index (κ2) is 13.6. The summed E-state index contributed by atoms with van der Waals surface area (Å²) in [4.78, 5) is 38.8. The Balaban J connectivity index is 0.000000212. The third-order valence-electron chi connectivity index (χ3n) is 4.33. The molecule has 38 heavy (non-hydrogen) atoms. The number of thiazole rings is 2. The first-order chi connectivity index (χ1) is 18.2. The van der Waals surface area contributed by atoms with Gasteiger partial charge in [-0.3, -0.25) is 19.6 Å². The van der Waals surface area contributed by atoms with E-state index in [2.05, 4.69) is 30.6 Å². The van der Waals surface area contributed by atoms with E-state index >= 15 is 0 Å². The van der Waals surface area contributed by atoms with E-state index in [1.54, 1.807) is 31.4 Å². The molecule has 0 radical (unpaired) electrons. The number of ether oxygens (including phenoxy) is 1. The maximum atomic E-state index is 10.9. The van der Waals surface area contributed by atoms with Crippen molar-refractivity contribution in [2.45, 2.75) is 13.8 Å². The fourth-order valence-electron chi connectivity index (χ4n) is 2.67. The first-order valence-electron chi connectivity index (χ1n) is 11.0. The van der Waals surface area contributed by atoms with Crippen molar-refractivity contribution in [3.63, 3.8) is 0 Å². The smallest absolute Gasteiger partial charge is 0.233 e. The first-order valence-corrected chi connectivity index (χ1v) is 12.6. The molecular weight excluding hydrogens is 528 g/mol. The maximum absolute atomic E-state index is 10.9. The Bertz CT molecular complexity index is 1430. The number of amides is 2. The van der Waals surface area contributed by atoms with Gasteiger partial charge in [-0.25, -0.2) is 0 Å². The number of aromatic hydroxyl groups is 2. The van der Waals surface area contributed by atoms with Gasteiger partial charge >= 0.3 is 0 Å². The van der Waals surface area contributed by atoms with Crippen LogP contribution in [0.4, 0.5) is 21.6 Å². The Hall–Kier alpha value is -4.62. The first kappa shape index (κ1) is 28.0. The summed E-state index contributed by atoms with van der Waals surface area (Å²) < 4.78 is 5.05. The normalized spacial score (nSPS) is 10.7. The van der Waals surface area contributed by atoms with Crippen LogP contribution < -0.4 is 15.4 Å². The molecule has 0 aliphatic rings. The summed E-state index contributed by atoms with van der Waals surface area (Å²) in [7, 11) is 1.59. The lowest BCUT2D eigenvalue weighted by molar-refractivity contribution is -0.115. The minimum atomic E-state index is -0.239. The molecule has 4 N–H and O–H groups in total. The second-order valence-electron chi connectivity index (χ2n) is 7.33. The van der Waals surface area contributed by atoms with Crippen LogP contribution in [0.2, 0.25) is 0 Å². The van der Waals surface area contributed by atoms with Crippen LogP contribution in [0.3, 0.4) is 0 Å². The molecular formula is C25H24N6O5S2. The Labute approximate surface area is 226 Å². The van der Waals surface area contributed by atoms with Gasteiger partial charge in [0.1, 0.15) is 15.5 Å². The van der Waals surface area contributed by atoms with E-state index in [0.29, 0.717) is 20.0 Å². The molecule has 0 spiro atoms. The van der Waals surface area contributed by atoms with Gasteiger partial charge in [-0.15, -0.1) is 0 Å². The third-order valence-corrected chi connectivity index (χ3v) is 6.11. The van der Waals surface area contributed by atoms with Crippen LogP contribution >= 0.6 is 22.7 Å². The zero-order valence-corrected chi connectivity index (χ0v) is 22.2. The maximum Gasteiger partial charge on any atom is 0.233 e. The minimum absolute atomic E-state index is 0.136. The van der Waals surface area contributed by atoms with Crippen LogP contribution in [0.15, 0.2) is 64.6 Å². The standard InChI is InChI=1S/C13H13N3O3S.C12H11N3O2S/c1-8(17)15-13-16-12(18)11(20-13)7-14-9-3-5-10(19-2)6-4-9;1-8(16)14-12-15-11(17)10(18-12)7-13-9-5-3-2-4-6-9/h3-7,18H,1-2H3,(H,15,16,17);2-7,17H,1H3,(H,14,15,16). The number of rotatable bonds is 7. The van der Waals surface area contributed by atoms with Gasteiger partial charge < -0.3 is 25.6 Å². The fraction of sp³-hybridized carbons (Fsp3) is 0.120. The molecule has 0 aliphatic carbocycles. The molecule has 4 rings (SSSR count). The molecule has 0 unspecified atom stereocenters. The van der Waals surface area contributed by atoms with Crippen molar-refractivity contribution in [1.82, 2.24) is 9.97 Å². The Kier molecular flexibility index (Phi) is 10.0. The zero-order valence-electron chi connectivity index (χ0n) is 20.6. The van der Waals surface area contributed by atoms with E-state index in [1.807, 2.05) is 30.3 Å². The molecule has 0 bridgehead atoms. The van der Waals surface area contributed by atoms with Crippen LogP contribution in [-0.2, 0) is 9.59 Å². The highest BCUT2D eigenvalue weighted by Gasteiger charge is 2.10. The van der Waals surface area contributed by atoms with Gasteiger partial charge in [0.15, 0.2) is 10.3 Å². The number of carbonyl (C=O) groups is 2. The van der Waals surface area contributed by atoms with Gasteiger partial charge in [0, 0.05) is 13.8 Å². The SMILES string of the molecule is CC(=O)Nc1nc(O)c(C=Nc2ccccc2)s1.COc1ccc(N=Cc2sc(NC(C)=O)nc2O)cc1.